The first-order valence-corrected chi connectivity index (χ1v) is 7.43. The molecule has 0 heterocycles. The number of hydrogen-bond acceptors (Lipinski definition) is 2. The highest BCUT2D eigenvalue weighted by Crippen LogP contribution is 2.38. The minimum atomic E-state index is -0.758. The number of carboxylic acids is 1. The van der Waals surface area contributed by atoms with E-state index in [1.165, 1.54) is 24.0 Å². The van der Waals surface area contributed by atoms with E-state index >= 15 is 0 Å². The molecule has 0 aromatic heterocycles. The number of benzene rings is 1. The topological polar surface area (TPSA) is 46.5 Å². The van der Waals surface area contributed by atoms with E-state index in [1.807, 2.05) is 0 Å². The number of fused-ring (bicyclic) bond motifs is 1. The lowest BCUT2D eigenvalue weighted by molar-refractivity contribution is -0.141. The minimum absolute atomic E-state index is 0.394. The smallest absolute Gasteiger partial charge is 0.306 e. The van der Waals surface area contributed by atoms with Crippen molar-refractivity contribution in [1.82, 2.24) is 0 Å². The summed E-state index contributed by atoms with van der Waals surface area (Å²) in [6.45, 7) is 1.75. The molecule has 0 amide bonds. The molecule has 4 heteroatoms. The Labute approximate surface area is 122 Å². The lowest BCUT2D eigenvalue weighted by atomic mass is 9.85. The minimum Gasteiger partial charge on any atom is -0.495 e. The SMILES string of the molecule is COc1c(Br)cc2c(c1CC(C)C(=O)O)CCCC2. The summed E-state index contributed by atoms with van der Waals surface area (Å²) in [5, 5.41) is 9.13. The molecule has 1 atom stereocenters. The second-order valence-corrected chi connectivity index (χ2v) is 6.01. The van der Waals surface area contributed by atoms with Gasteiger partial charge >= 0.3 is 5.97 Å². The zero-order chi connectivity index (χ0) is 14.0. The van der Waals surface area contributed by atoms with E-state index in [0.717, 1.165) is 28.6 Å². The third-order valence-corrected chi connectivity index (χ3v) is 4.39. The summed E-state index contributed by atoms with van der Waals surface area (Å²) >= 11 is 3.54. The van der Waals surface area contributed by atoms with Gasteiger partial charge in [-0.25, -0.2) is 0 Å². The molecule has 1 unspecified atom stereocenters. The van der Waals surface area contributed by atoms with Crippen LogP contribution in [0.2, 0.25) is 0 Å². The fourth-order valence-corrected chi connectivity index (χ4v) is 3.44. The molecule has 104 valence electrons. The van der Waals surface area contributed by atoms with Crippen LogP contribution in [0.5, 0.6) is 5.75 Å². The van der Waals surface area contributed by atoms with Crippen molar-refractivity contribution in [2.24, 2.45) is 5.92 Å². The van der Waals surface area contributed by atoms with Crippen molar-refractivity contribution < 1.29 is 14.6 Å². The van der Waals surface area contributed by atoms with Crippen molar-refractivity contribution in [2.75, 3.05) is 7.11 Å². The average molecular weight is 327 g/mol. The van der Waals surface area contributed by atoms with Crippen LogP contribution in [-0.2, 0) is 24.1 Å². The summed E-state index contributed by atoms with van der Waals surface area (Å²) in [7, 11) is 1.64. The highest BCUT2D eigenvalue weighted by atomic mass is 79.9. The summed E-state index contributed by atoms with van der Waals surface area (Å²) in [4.78, 5) is 11.1. The molecule has 0 saturated carbocycles. The number of aryl methyl sites for hydroxylation is 1. The first-order valence-electron chi connectivity index (χ1n) is 6.64. The maximum atomic E-state index is 11.1. The van der Waals surface area contributed by atoms with Gasteiger partial charge in [0, 0.05) is 0 Å². The number of methoxy groups -OCH3 is 1. The Morgan fingerprint density at radius 3 is 2.79 bits per heavy atom. The van der Waals surface area contributed by atoms with Gasteiger partial charge in [-0.05, 0) is 70.8 Å². The molecule has 1 aliphatic rings. The quantitative estimate of drug-likeness (QED) is 0.919. The lowest BCUT2D eigenvalue weighted by Crippen LogP contribution is -2.16. The second-order valence-electron chi connectivity index (χ2n) is 5.16. The molecule has 19 heavy (non-hydrogen) atoms. The number of ether oxygens (including phenoxy) is 1. The standard InChI is InChI=1S/C15H19BrO3/c1-9(15(17)18)7-12-11-6-4-3-5-10(11)8-13(16)14(12)19-2/h8-9H,3-7H2,1-2H3,(H,17,18). The Morgan fingerprint density at radius 1 is 1.47 bits per heavy atom. The van der Waals surface area contributed by atoms with Gasteiger partial charge in [-0.3, -0.25) is 4.79 Å². The maximum Gasteiger partial charge on any atom is 0.306 e. The lowest BCUT2D eigenvalue weighted by Gasteiger charge is -2.24. The Hall–Kier alpha value is -1.03. The van der Waals surface area contributed by atoms with Gasteiger partial charge in [-0.2, -0.15) is 0 Å². The Bertz CT molecular complexity index is 497. The molecule has 0 radical (unpaired) electrons. The third kappa shape index (κ3) is 2.94. The summed E-state index contributed by atoms with van der Waals surface area (Å²) in [5.74, 6) is -0.352. The average Bonchev–Trinajstić information content (AvgIpc) is 2.38. The van der Waals surface area contributed by atoms with Crippen LogP contribution in [0, 0.1) is 5.92 Å². The van der Waals surface area contributed by atoms with Crippen LogP contribution < -0.4 is 4.74 Å². The van der Waals surface area contributed by atoms with Gasteiger partial charge in [-0.15, -0.1) is 0 Å². The molecule has 0 fully saturated rings. The Balaban J connectivity index is 2.48. The molecule has 1 aromatic carbocycles. The molecule has 2 rings (SSSR count). The van der Waals surface area contributed by atoms with E-state index < -0.39 is 11.9 Å². The van der Waals surface area contributed by atoms with Gasteiger partial charge in [0.05, 0.1) is 17.5 Å². The van der Waals surface area contributed by atoms with E-state index in [4.69, 9.17) is 9.84 Å². The third-order valence-electron chi connectivity index (χ3n) is 3.80. The van der Waals surface area contributed by atoms with E-state index in [9.17, 15) is 4.79 Å². The van der Waals surface area contributed by atoms with Crippen molar-refractivity contribution in [3.8, 4) is 5.75 Å². The van der Waals surface area contributed by atoms with Crippen LogP contribution in [0.3, 0.4) is 0 Å². The van der Waals surface area contributed by atoms with Crippen LogP contribution >= 0.6 is 15.9 Å². The number of carboxylic acid groups (broad SMARTS) is 1. The molecule has 1 aliphatic carbocycles. The van der Waals surface area contributed by atoms with E-state index in [-0.39, 0.29) is 0 Å². The van der Waals surface area contributed by atoms with Gasteiger partial charge < -0.3 is 9.84 Å². The van der Waals surface area contributed by atoms with Crippen molar-refractivity contribution in [3.05, 3.63) is 27.2 Å². The summed E-state index contributed by atoms with van der Waals surface area (Å²) in [6, 6.07) is 2.13. The zero-order valence-electron chi connectivity index (χ0n) is 11.3. The highest BCUT2D eigenvalue weighted by Gasteiger charge is 2.23. The van der Waals surface area contributed by atoms with E-state index in [2.05, 4.69) is 22.0 Å². The Kier molecular flexibility index (Phi) is 4.50. The van der Waals surface area contributed by atoms with Crippen LogP contribution in [0.25, 0.3) is 0 Å². The number of halogens is 1. The van der Waals surface area contributed by atoms with Gasteiger partial charge in [0.25, 0.3) is 0 Å². The Morgan fingerprint density at radius 2 is 2.16 bits per heavy atom. The van der Waals surface area contributed by atoms with Gasteiger partial charge in [0.2, 0.25) is 0 Å². The molecule has 0 spiro atoms. The zero-order valence-corrected chi connectivity index (χ0v) is 12.9. The predicted molar refractivity (Wildman–Crippen MR) is 77.8 cm³/mol. The maximum absolute atomic E-state index is 11.1. The normalized spacial score (nSPS) is 15.7. The van der Waals surface area contributed by atoms with Crippen molar-refractivity contribution in [1.29, 1.82) is 0 Å². The molecule has 1 aromatic rings. The molecular weight excluding hydrogens is 308 g/mol. The molecular formula is C15H19BrO3. The van der Waals surface area contributed by atoms with Crippen LogP contribution in [-0.4, -0.2) is 18.2 Å². The van der Waals surface area contributed by atoms with E-state index in [1.54, 1.807) is 14.0 Å². The highest BCUT2D eigenvalue weighted by molar-refractivity contribution is 9.10. The van der Waals surface area contributed by atoms with Crippen molar-refractivity contribution in [2.45, 2.75) is 39.0 Å². The number of rotatable bonds is 4. The number of hydrogen-bond donors (Lipinski definition) is 1. The van der Waals surface area contributed by atoms with Gasteiger partial charge in [0.15, 0.2) is 0 Å². The largest absolute Gasteiger partial charge is 0.495 e. The van der Waals surface area contributed by atoms with Crippen LogP contribution in [0.1, 0.15) is 36.5 Å². The first kappa shape index (κ1) is 14.4. The van der Waals surface area contributed by atoms with Crippen LogP contribution in [0.4, 0.5) is 0 Å². The van der Waals surface area contributed by atoms with Gasteiger partial charge in [-0.1, -0.05) is 6.92 Å². The monoisotopic (exact) mass is 326 g/mol. The molecule has 0 bridgehead atoms. The first-order chi connectivity index (χ1) is 9.04. The van der Waals surface area contributed by atoms with Crippen molar-refractivity contribution in [3.63, 3.8) is 0 Å². The fourth-order valence-electron chi connectivity index (χ4n) is 2.76. The fraction of sp³-hybridized carbons (Fsp3) is 0.533. The van der Waals surface area contributed by atoms with E-state index in [0.29, 0.717) is 6.42 Å². The summed E-state index contributed by atoms with van der Waals surface area (Å²) in [6.07, 6.45) is 5.01. The number of aliphatic carboxylic acids is 1. The molecule has 0 aliphatic heterocycles. The van der Waals surface area contributed by atoms with Crippen LogP contribution in [0.15, 0.2) is 10.5 Å². The second kappa shape index (κ2) is 5.95. The predicted octanol–water partition coefficient (Wildman–Crippen LogP) is 3.60. The summed E-state index contributed by atoms with van der Waals surface area (Å²) < 4.78 is 6.42. The summed E-state index contributed by atoms with van der Waals surface area (Å²) in [5.41, 5.74) is 3.72. The molecule has 1 N–H and O–H groups in total. The number of carbonyl (C=O) groups is 1. The molecule has 3 nitrogen and oxygen atoms in total. The van der Waals surface area contributed by atoms with Crippen molar-refractivity contribution >= 4 is 21.9 Å². The van der Waals surface area contributed by atoms with Gasteiger partial charge in [0.1, 0.15) is 5.75 Å². The molecule has 0 saturated heterocycles.